The molecule has 4 nitrogen and oxygen atoms in total. The van der Waals surface area contributed by atoms with Crippen LogP contribution in [0.4, 0.5) is 5.95 Å². The second kappa shape index (κ2) is 5.96. The fourth-order valence-corrected chi connectivity index (χ4v) is 1.56. The zero-order valence-corrected chi connectivity index (χ0v) is 9.45. The Morgan fingerprint density at radius 1 is 1.06 bits per heavy atom. The molecule has 0 spiro atoms. The number of hydrogen-bond acceptors (Lipinski definition) is 4. The quantitative estimate of drug-likeness (QED) is 0.815. The van der Waals surface area contributed by atoms with Crippen molar-refractivity contribution >= 4 is 5.95 Å². The minimum absolute atomic E-state index is 0.443. The Balaban J connectivity index is 1.80. The van der Waals surface area contributed by atoms with Gasteiger partial charge in [0.05, 0.1) is 6.10 Å². The maximum absolute atomic E-state index is 9.85. The molecule has 2 aromatic rings. The SMILES string of the molecule is OC(CNc1ncccn1)Cc1ccccc1. The highest BCUT2D eigenvalue weighted by Crippen LogP contribution is 2.03. The molecule has 1 aromatic heterocycles. The molecule has 1 unspecified atom stereocenters. The van der Waals surface area contributed by atoms with Gasteiger partial charge in [0.2, 0.25) is 5.95 Å². The molecule has 2 rings (SSSR count). The first-order valence-corrected chi connectivity index (χ1v) is 5.57. The molecule has 0 aliphatic rings. The lowest BCUT2D eigenvalue weighted by atomic mass is 10.1. The number of nitrogens with one attached hydrogen (secondary N) is 1. The van der Waals surface area contributed by atoms with Gasteiger partial charge in [0.25, 0.3) is 0 Å². The second-order valence-electron chi connectivity index (χ2n) is 3.80. The average Bonchev–Trinajstić information content (AvgIpc) is 2.39. The van der Waals surface area contributed by atoms with Crippen LogP contribution in [0.2, 0.25) is 0 Å². The topological polar surface area (TPSA) is 58.0 Å². The summed E-state index contributed by atoms with van der Waals surface area (Å²) in [5, 5.41) is 12.8. The van der Waals surface area contributed by atoms with Crippen molar-refractivity contribution in [2.45, 2.75) is 12.5 Å². The van der Waals surface area contributed by atoms with Gasteiger partial charge in [-0.1, -0.05) is 30.3 Å². The summed E-state index contributed by atoms with van der Waals surface area (Å²) in [7, 11) is 0. The maximum Gasteiger partial charge on any atom is 0.222 e. The van der Waals surface area contributed by atoms with E-state index >= 15 is 0 Å². The molecule has 0 aliphatic carbocycles. The highest BCUT2D eigenvalue weighted by atomic mass is 16.3. The number of aliphatic hydroxyl groups is 1. The van der Waals surface area contributed by atoms with Crippen LogP contribution in [0.15, 0.2) is 48.8 Å². The lowest BCUT2D eigenvalue weighted by Crippen LogP contribution is -2.22. The maximum atomic E-state index is 9.85. The minimum Gasteiger partial charge on any atom is -0.391 e. The molecule has 4 heteroatoms. The van der Waals surface area contributed by atoms with E-state index in [1.807, 2.05) is 30.3 Å². The third kappa shape index (κ3) is 3.85. The zero-order valence-electron chi connectivity index (χ0n) is 9.45. The first-order chi connectivity index (χ1) is 8.34. The number of nitrogens with zero attached hydrogens (tertiary/aromatic N) is 2. The van der Waals surface area contributed by atoms with Crippen LogP contribution >= 0.6 is 0 Å². The molecule has 0 amide bonds. The number of rotatable bonds is 5. The molecule has 0 aliphatic heterocycles. The smallest absolute Gasteiger partial charge is 0.222 e. The van der Waals surface area contributed by atoms with Gasteiger partial charge in [-0.25, -0.2) is 9.97 Å². The molecule has 2 N–H and O–H groups in total. The van der Waals surface area contributed by atoms with Crippen molar-refractivity contribution < 1.29 is 5.11 Å². The highest BCUT2D eigenvalue weighted by molar-refractivity contribution is 5.23. The predicted molar refractivity (Wildman–Crippen MR) is 66.7 cm³/mol. The summed E-state index contributed by atoms with van der Waals surface area (Å²) >= 11 is 0. The number of anilines is 1. The van der Waals surface area contributed by atoms with Crippen LogP contribution in [0.3, 0.4) is 0 Å². The van der Waals surface area contributed by atoms with Gasteiger partial charge in [0, 0.05) is 25.4 Å². The Morgan fingerprint density at radius 3 is 2.47 bits per heavy atom. The van der Waals surface area contributed by atoms with Crippen molar-refractivity contribution in [3.05, 3.63) is 54.4 Å². The van der Waals surface area contributed by atoms with Crippen LogP contribution in [0.1, 0.15) is 5.56 Å². The number of aliphatic hydroxyl groups excluding tert-OH is 1. The fraction of sp³-hybridized carbons (Fsp3) is 0.231. The van der Waals surface area contributed by atoms with E-state index in [1.54, 1.807) is 18.5 Å². The van der Waals surface area contributed by atoms with Crippen molar-refractivity contribution in [3.63, 3.8) is 0 Å². The van der Waals surface area contributed by atoms with Crippen molar-refractivity contribution in [3.8, 4) is 0 Å². The largest absolute Gasteiger partial charge is 0.391 e. The molecule has 1 atom stereocenters. The molecule has 0 bridgehead atoms. The van der Waals surface area contributed by atoms with E-state index in [-0.39, 0.29) is 0 Å². The van der Waals surface area contributed by atoms with Gasteiger partial charge in [-0.2, -0.15) is 0 Å². The lowest BCUT2D eigenvalue weighted by molar-refractivity contribution is 0.188. The van der Waals surface area contributed by atoms with E-state index in [0.29, 0.717) is 18.9 Å². The summed E-state index contributed by atoms with van der Waals surface area (Å²) in [4.78, 5) is 8.05. The molecule has 0 saturated heterocycles. The molecule has 0 saturated carbocycles. The Hall–Kier alpha value is -1.94. The number of hydrogen-bond donors (Lipinski definition) is 2. The van der Waals surface area contributed by atoms with Crippen molar-refractivity contribution in [2.75, 3.05) is 11.9 Å². The van der Waals surface area contributed by atoms with Crippen LogP contribution in [-0.4, -0.2) is 27.7 Å². The summed E-state index contributed by atoms with van der Waals surface area (Å²) in [6.45, 7) is 0.443. The van der Waals surface area contributed by atoms with Gasteiger partial charge in [0.15, 0.2) is 0 Å². The summed E-state index contributed by atoms with van der Waals surface area (Å²) in [5.74, 6) is 0.541. The Labute approximate surface area is 100 Å². The third-order valence-electron chi connectivity index (χ3n) is 2.38. The zero-order chi connectivity index (χ0) is 11.9. The van der Waals surface area contributed by atoms with Gasteiger partial charge in [-0.05, 0) is 11.6 Å². The summed E-state index contributed by atoms with van der Waals surface area (Å²) in [5.41, 5.74) is 1.12. The van der Waals surface area contributed by atoms with Gasteiger partial charge in [0.1, 0.15) is 0 Å². The van der Waals surface area contributed by atoms with Crippen LogP contribution in [-0.2, 0) is 6.42 Å². The van der Waals surface area contributed by atoms with Crippen LogP contribution < -0.4 is 5.32 Å². The van der Waals surface area contributed by atoms with Gasteiger partial charge in [-0.15, -0.1) is 0 Å². The van der Waals surface area contributed by atoms with Crippen molar-refractivity contribution in [2.24, 2.45) is 0 Å². The summed E-state index contributed by atoms with van der Waals surface area (Å²) < 4.78 is 0. The molecule has 0 radical (unpaired) electrons. The standard InChI is InChI=1S/C13H15N3O/c17-12(9-11-5-2-1-3-6-11)10-16-13-14-7-4-8-15-13/h1-8,12,17H,9-10H2,(H,14,15,16). The first-order valence-electron chi connectivity index (χ1n) is 5.57. The van der Waals surface area contributed by atoms with E-state index in [9.17, 15) is 5.11 Å². The first kappa shape index (κ1) is 11.5. The Bertz CT molecular complexity index is 433. The van der Waals surface area contributed by atoms with Crippen molar-refractivity contribution in [1.82, 2.24) is 9.97 Å². The minimum atomic E-state index is -0.443. The van der Waals surface area contributed by atoms with E-state index < -0.39 is 6.10 Å². The van der Waals surface area contributed by atoms with E-state index in [4.69, 9.17) is 0 Å². The van der Waals surface area contributed by atoms with Gasteiger partial charge >= 0.3 is 0 Å². The predicted octanol–water partition coefficient (Wildman–Crippen LogP) is 1.49. The van der Waals surface area contributed by atoms with Crippen molar-refractivity contribution in [1.29, 1.82) is 0 Å². The highest BCUT2D eigenvalue weighted by Gasteiger charge is 2.05. The lowest BCUT2D eigenvalue weighted by Gasteiger charge is -2.11. The van der Waals surface area contributed by atoms with Crippen LogP contribution in [0.25, 0.3) is 0 Å². The van der Waals surface area contributed by atoms with E-state index in [2.05, 4.69) is 15.3 Å². The molecular weight excluding hydrogens is 214 g/mol. The summed E-state index contributed by atoms with van der Waals surface area (Å²) in [6, 6.07) is 11.7. The summed E-state index contributed by atoms with van der Waals surface area (Å²) in [6.07, 6.45) is 3.51. The average molecular weight is 229 g/mol. The molecular formula is C13H15N3O. The van der Waals surface area contributed by atoms with E-state index in [1.165, 1.54) is 0 Å². The van der Waals surface area contributed by atoms with Crippen LogP contribution in [0, 0.1) is 0 Å². The fourth-order valence-electron chi connectivity index (χ4n) is 1.56. The molecule has 88 valence electrons. The molecule has 1 aromatic carbocycles. The Kier molecular flexibility index (Phi) is 4.05. The molecule has 0 fully saturated rings. The normalized spacial score (nSPS) is 12.1. The number of benzene rings is 1. The van der Waals surface area contributed by atoms with Crippen LogP contribution in [0.5, 0.6) is 0 Å². The Morgan fingerprint density at radius 2 is 1.76 bits per heavy atom. The monoisotopic (exact) mass is 229 g/mol. The number of aromatic nitrogens is 2. The van der Waals surface area contributed by atoms with Gasteiger partial charge < -0.3 is 10.4 Å². The van der Waals surface area contributed by atoms with E-state index in [0.717, 1.165) is 5.56 Å². The van der Waals surface area contributed by atoms with Gasteiger partial charge in [-0.3, -0.25) is 0 Å². The molecule has 17 heavy (non-hydrogen) atoms. The second-order valence-corrected chi connectivity index (χ2v) is 3.80. The molecule has 1 heterocycles. The third-order valence-corrected chi connectivity index (χ3v) is 2.38.